The van der Waals surface area contributed by atoms with E-state index in [1.807, 2.05) is 4.90 Å². The zero-order valence-electron chi connectivity index (χ0n) is 18.3. The number of nitrogens with one attached hydrogen (secondary N) is 1. The molecule has 2 heterocycles. The molecule has 7 nitrogen and oxygen atoms in total. The average Bonchev–Trinajstić information content (AvgIpc) is 2.90. The number of pyridine rings is 1. The van der Waals surface area contributed by atoms with Crippen LogP contribution in [0.25, 0.3) is 0 Å². The Kier molecular flexibility index (Phi) is 5.85. The van der Waals surface area contributed by atoms with Gasteiger partial charge in [0.2, 0.25) is 5.91 Å². The Morgan fingerprint density at radius 2 is 1.84 bits per heavy atom. The fraction of sp³-hybridized carbons (Fsp3) is 0.458. The number of amides is 3. The van der Waals surface area contributed by atoms with Gasteiger partial charge >= 0.3 is 6.03 Å². The van der Waals surface area contributed by atoms with Gasteiger partial charge in [-0.15, -0.1) is 0 Å². The molecule has 0 radical (unpaired) electrons. The summed E-state index contributed by atoms with van der Waals surface area (Å²) in [5, 5.41) is 3.32. The molecule has 164 valence electrons. The second-order valence-corrected chi connectivity index (χ2v) is 9.31. The molecule has 3 N–H and O–H groups in total. The number of urea groups is 1. The quantitative estimate of drug-likeness (QED) is 0.745. The number of piperazine rings is 1. The molecule has 1 saturated heterocycles. The lowest BCUT2D eigenvalue weighted by Gasteiger charge is -2.37. The second kappa shape index (κ2) is 8.57. The number of fused-ring (bicyclic) bond motifs is 1. The van der Waals surface area contributed by atoms with Crippen molar-refractivity contribution >= 4 is 17.8 Å². The van der Waals surface area contributed by atoms with Crippen molar-refractivity contribution in [1.29, 1.82) is 0 Å². The van der Waals surface area contributed by atoms with Crippen LogP contribution in [0.4, 0.5) is 10.6 Å². The van der Waals surface area contributed by atoms with Gasteiger partial charge in [-0.05, 0) is 47.9 Å². The van der Waals surface area contributed by atoms with Gasteiger partial charge in [-0.25, -0.2) is 9.78 Å². The molecule has 7 heteroatoms. The number of carbonyl (C=O) groups excluding carboxylic acids is 2. The van der Waals surface area contributed by atoms with Crippen LogP contribution in [-0.2, 0) is 6.42 Å². The van der Waals surface area contributed by atoms with Crippen LogP contribution in [0.5, 0.6) is 0 Å². The van der Waals surface area contributed by atoms with Gasteiger partial charge in [0.25, 0.3) is 0 Å². The van der Waals surface area contributed by atoms with Crippen LogP contribution in [0.1, 0.15) is 54.2 Å². The maximum absolute atomic E-state index is 13.1. The third kappa shape index (κ3) is 4.81. The van der Waals surface area contributed by atoms with E-state index in [-0.39, 0.29) is 17.5 Å². The highest BCUT2D eigenvalue weighted by Gasteiger charge is 2.32. The molecule has 1 aromatic carbocycles. The molecule has 0 saturated carbocycles. The highest BCUT2D eigenvalue weighted by molar-refractivity contribution is 5.92. The monoisotopic (exact) mass is 421 g/mol. The number of anilines is 1. The molecule has 1 unspecified atom stereocenters. The van der Waals surface area contributed by atoms with Gasteiger partial charge in [-0.2, -0.15) is 0 Å². The summed E-state index contributed by atoms with van der Waals surface area (Å²) >= 11 is 0. The van der Waals surface area contributed by atoms with Crippen LogP contribution < -0.4 is 16.0 Å². The lowest BCUT2D eigenvalue weighted by Crippen LogP contribution is -2.52. The molecule has 2 aliphatic rings. The number of nitrogens with two attached hydrogens (primary N) is 1. The van der Waals surface area contributed by atoms with E-state index in [0.29, 0.717) is 31.7 Å². The summed E-state index contributed by atoms with van der Waals surface area (Å²) in [4.78, 5) is 32.7. The Labute approximate surface area is 183 Å². The Morgan fingerprint density at radius 3 is 2.52 bits per heavy atom. The number of benzene rings is 1. The smallest absolute Gasteiger partial charge is 0.318 e. The lowest BCUT2D eigenvalue weighted by atomic mass is 9.83. The van der Waals surface area contributed by atoms with Crippen molar-refractivity contribution in [2.24, 2.45) is 11.1 Å². The van der Waals surface area contributed by atoms with Crippen molar-refractivity contribution in [3.05, 3.63) is 59.3 Å². The first-order valence-electron chi connectivity index (χ1n) is 11.0. The highest BCUT2D eigenvalue weighted by atomic mass is 16.2. The number of rotatable bonds is 3. The number of hydrogen-bond donors (Lipinski definition) is 2. The van der Waals surface area contributed by atoms with Crippen LogP contribution in [0, 0.1) is 5.41 Å². The van der Waals surface area contributed by atoms with Gasteiger partial charge < -0.3 is 20.9 Å². The molecule has 4 rings (SSSR count). The molecule has 0 spiro atoms. The van der Waals surface area contributed by atoms with Crippen LogP contribution in [0.15, 0.2) is 42.6 Å². The molecule has 0 bridgehead atoms. The van der Waals surface area contributed by atoms with Crippen molar-refractivity contribution in [2.45, 2.75) is 39.2 Å². The first kappa shape index (κ1) is 21.2. The summed E-state index contributed by atoms with van der Waals surface area (Å²) in [5.74, 6) is 0.313. The Hall–Kier alpha value is -3.09. The van der Waals surface area contributed by atoms with E-state index in [0.717, 1.165) is 25.1 Å². The first-order valence-corrected chi connectivity index (χ1v) is 11.0. The molecule has 2 aromatic rings. The minimum Gasteiger partial charge on any atom is -0.366 e. The lowest BCUT2D eigenvalue weighted by molar-refractivity contribution is 0.1000. The van der Waals surface area contributed by atoms with Gasteiger partial charge in [0, 0.05) is 32.4 Å². The molecular weight excluding hydrogens is 390 g/mol. The normalized spacial score (nSPS) is 20.5. The van der Waals surface area contributed by atoms with Crippen molar-refractivity contribution < 1.29 is 9.59 Å². The second-order valence-electron chi connectivity index (χ2n) is 9.31. The number of carbonyl (C=O) groups is 2. The van der Waals surface area contributed by atoms with E-state index >= 15 is 0 Å². The molecule has 1 aliphatic carbocycles. The van der Waals surface area contributed by atoms with Gasteiger partial charge in [0.15, 0.2) is 0 Å². The molecule has 1 aliphatic heterocycles. The minimum absolute atomic E-state index is 0.00538. The molecule has 1 atom stereocenters. The van der Waals surface area contributed by atoms with E-state index in [1.54, 1.807) is 12.1 Å². The molecular formula is C24H31N5O2. The number of aromatic nitrogens is 1. The summed E-state index contributed by atoms with van der Waals surface area (Å²) in [6.07, 6.45) is 4.61. The molecule has 31 heavy (non-hydrogen) atoms. The highest BCUT2D eigenvalue weighted by Crippen LogP contribution is 2.39. The topological polar surface area (TPSA) is 91.6 Å². The summed E-state index contributed by atoms with van der Waals surface area (Å²) in [7, 11) is 0. The Balaban J connectivity index is 1.39. The van der Waals surface area contributed by atoms with Gasteiger partial charge in [-0.3, -0.25) is 4.79 Å². The number of nitrogens with zero attached hydrogens (tertiary/aromatic N) is 3. The van der Waals surface area contributed by atoms with Crippen molar-refractivity contribution in [2.75, 3.05) is 31.1 Å². The van der Waals surface area contributed by atoms with E-state index in [4.69, 9.17) is 5.73 Å². The largest absolute Gasteiger partial charge is 0.366 e. The Bertz CT molecular complexity index is 949. The van der Waals surface area contributed by atoms with Crippen LogP contribution in [-0.4, -0.2) is 48.0 Å². The third-order valence-corrected chi connectivity index (χ3v) is 6.48. The summed E-state index contributed by atoms with van der Waals surface area (Å²) in [5.41, 5.74) is 8.45. The zero-order valence-corrected chi connectivity index (χ0v) is 18.3. The van der Waals surface area contributed by atoms with Gasteiger partial charge in [0.1, 0.15) is 5.82 Å². The number of aryl methyl sites for hydroxylation is 1. The first-order chi connectivity index (χ1) is 14.8. The summed E-state index contributed by atoms with van der Waals surface area (Å²) < 4.78 is 0. The fourth-order valence-electron chi connectivity index (χ4n) is 4.57. The fourth-order valence-corrected chi connectivity index (χ4v) is 4.57. The van der Waals surface area contributed by atoms with Crippen LogP contribution in [0.3, 0.4) is 0 Å². The summed E-state index contributed by atoms with van der Waals surface area (Å²) in [6, 6.07) is 12.0. The predicted molar refractivity (Wildman–Crippen MR) is 121 cm³/mol. The van der Waals surface area contributed by atoms with E-state index in [1.165, 1.54) is 17.3 Å². The van der Waals surface area contributed by atoms with Gasteiger partial charge in [0.05, 0.1) is 11.6 Å². The molecule has 1 aromatic heterocycles. The molecule has 3 amide bonds. The van der Waals surface area contributed by atoms with E-state index in [9.17, 15) is 9.59 Å². The standard InChI is InChI=1S/C24H31N5O2/c1-24(2)10-9-17-5-3-4-6-19(17)20(15-24)27-23(31)29-13-11-28(12-14-29)21-8-7-18(16-26-21)22(25)30/h3-8,16,20H,9-15H2,1-2H3,(H2,25,30)(H,27,31). The molecule has 1 fully saturated rings. The SMILES string of the molecule is CC1(C)CCc2ccccc2C(NC(=O)N2CCN(c3ccc(C(N)=O)cn3)CC2)C1. The number of primary amides is 1. The zero-order chi connectivity index (χ0) is 22.0. The van der Waals surface area contributed by atoms with Crippen LogP contribution >= 0.6 is 0 Å². The summed E-state index contributed by atoms with van der Waals surface area (Å²) in [6.45, 7) is 7.22. The van der Waals surface area contributed by atoms with Crippen molar-refractivity contribution in [3.8, 4) is 0 Å². The predicted octanol–water partition coefficient (Wildman–Crippen LogP) is 3.12. The van der Waals surface area contributed by atoms with E-state index in [2.05, 4.69) is 53.3 Å². The van der Waals surface area contributed by atoms with Crippen LogP contribution in [0.2, 0.25) is 0 Å². The maximum Gasteiger partial charge on any atom is 0.318 e. The van der Waals surface area contributed by atoms with Crippen molar-refractivity contribution in [3.63, 3.8) is 0 Å². The Morgan fingerprint density at radius 1 is 1.10 bits per heavy atom. The maximum atomic E-state index is 13.1. The van der Waals surface area contributed by atoms with E-state index < -0.39 is 5.91 Å². The third-order valence-electron chi connectivity index (χ3n) is 6.48. The minimum atomic E-state index is -0.483. The van der Waals surface area contributed by atoms with Gasteiger partial charge in [-0.1, -0.05) is 38.1 Å². The van der Waals surface area contributed by atoms with Crippen molar-refractivity contribution in [1.82, 2.24) is 15.2 Å². The number of hydrogen-bond acceptors (Lipinski definition) is 4. The average molecular weight is 422 g/mol.